The van der Waals surface area contributed by atoms with Crippen molar-refractivity contribution in [1.82, 2.24) is 0 Å². The second-order valence-electron chi connectivity index (χ2n) is 6.68. The van der Waals surface area contributed by atoms with Crippen LogP contribution in [0.3, 0.4) is 0 Å². The van der Waals surface area contributed by atoms with Crippen molar-refractivity contribution < 1.29 is 21.8 Å². The maximum atomic E-state index is 13.7. The molecule has 0 atom stereocenters. The lowest BCUT2D eigenvalue weighted by Crippen LogP contribution is -2.24. The van der Waals surface area contributed by atoms with Gasteiger partial charge in [0.1, 0.15) is 16.5 Å². The van der Waals surface area contributed by atoms with Crippen LogP contribution in [0.4, 0.5) is 10.1 Å². The zero-order valence-corrected chi connectivity index (χ0v) is 18.8. The standard InChI is InChI=1S/C21H22ClFN2O4S/c1-13-6-8-17(9-7-13)30(27,28)29-21(14(2)12-26)24-16(4)25(5)19-11-10-18(23)15(3)20(19)22/h6-12H,1-5H3/b21-14+,24-16-. The smallest absolute Gasteiger partial charge is 0.340 e. The van der Waals surface area contributed by atoms with Gasteiger partial charge in [0, 0.05) is 12.6 Å². The molecule has 6 nitrogen and oxygen atoms in total. The Morgan fingerprint density at radius 1 is 1.13 bits per heavy atom. The first-order valence-corrected chi connectivity index (χ1v) is 10.7. The zero-order valence-electron chi connectivity index (χ0n) is 17.2. The molecule has 0 amide bonds. The number of hydrogen-bond donors (Lipinski definition) is 0. The van der Waals surface area contributed by atoms with E-state index in [0.29, 0.717) is 12.0 Å². The third kappa shape index (κ3) is 5.25. The number of nitrogens with zero attached hydrogens (tertiary/aromatic N) is 2. The first-order chi connectivity index (χ1) is 14.0. The number of rotatable bonds is 6. The molecule has 0 aliphatic heterocycles. The summed E-state index contributed by atoms with van der Waals surface area (Å²) in [6.07, 6.45) is 0.450. The van der Waals surface area contributed by atoms with E-state index < -0.39 is 15.9 Å². The Hall–Kier alpha value is -2.71. The molecule has 0 N–H and O–H groups in total. The molecule has 2 aromatic rings. The number of aryl methyl sites for hydroxylation is 1. The Morgan fingerprint density at radius 3 is 2.30 bits per heavy atom. The van der Waals surface area contributed by atoms with Crippen molar-refractivity contribution in [2.45, 2.75) is 32.6 Å². The number of carbonyl (C=O) groups excluding carboxylic acids is 1. The Morgan fingerprint density at radius 2 is 1.73 bits per heavy atom. The molecule has 0 aliphatic carbocycles. The van der Waals surface area contributed by atoms with Crippen LogP contribution < -0.4 is 4.90 Å². The highest BCUT2D eigenvalue weighted by Crippen LogP contribution is 2.30. The van der Waals surface area contributed by atoms with Gasteiger partial charge >= 0.3 is 10.1 Å². The molecule has 2 aromatic carbocycles. The maximum Gasteiger partial charge on any atom is 0.340 e. The highest BCUT2D eigenvalue weighted by Gasteiger charge is 2.21. The Labute approximate surface area is 180 Å². The third-order valence-electron chi connectivity index (χ3n) is 4.42. The average Bonchev–Trinajstić information content (AvgIpc) is 2.70. The van der Waals surface area contributed by atoms with Gasteiger partial charge in [0.05, 0.1) is 16.3 Å². The number of aldehydes is 1. The number of benzene rings is 2. The van der Waals surface area contributed by atoms with Crippen LogP contribution in [-0.2, 0) is 19.1 Å². The number of allylic oxidation sites excluding steroid dienone is 1. The molecule has 0 fully saturated rings. The summed E-state index contributed by atoms with van der Waals surface area (Å²) in [7, 11) is -2.58. The van der Waals surface area contributed by atoms with E-state index in [-0.39, 0.29) is 32.8 Å². The van der Waals surface area contributed by atoms with E-state index in [2.05, 4.69) is 4.99 Å². The van der Waals surface area contributed by atoms with Crippen LogP contribution in [0.15, 0.2) is 57.7 Å². The van der Waals surface area contributed by atoms with Gasteiger partial charge in [-0.25, -0.2) is 4.39 Å². The van der Waals surface area contributed by atoms with E-state index in [1.54, 1.807) is 33.0 Å². The Balaban J connectivity index is 2.43. The van der Waals surface area contributed by atoms with E-state index >= 15 is 0 Å². The molecule has 0 saturated carbocycles. The molecule has 0 heterocycles. The minimum Gasteiger partial charge on any atom is -0.358 e. The van der Waals surface area contributed by atoms with Crippen molar-refractivity contribution in [3.8, 4) is 0 Å². The van der Waals surface area contributed by atoms with E-state index in [0.717, 1.165) is 5.56 Å². The number of amidine groups is 1. The minimum atomic E-state index is -4.21. The lowest BCUT2D eigenvalue weighted by Gasteiger charge is -2.21. The normalized spacial score (nSPS) is 13.0. The van der Waals surface area contributed by atoms with Gasteiger partial charge in [-0.3, -0.25) is 4.79 Å². The van der Waals surface area contributed by atoms with Crippen LogP contribution in [0.1, 0.15) is 25.0 Å². The summed E-state index contributed by atoms with van der Waals surface area (Å²) < 4.78 is 44.1. The van der Waals surface area contributed by atoms with E-state index in [1.165, 1.54) is 36.1 Å². The number of aliphatic imine (C=N–C) groups is 1. The number of halogens is 2. The van der Waals surface area contributed by atoms with Gasteiger partial charge in [0.15, 0.2) is 6.29 Å². The second-order valence-corrected chi connectivity index (χ2v) is 8.60. The van der Waals surface area contributed by atoms with Crippen molar-refractivity contribution in [3.05, 3.63) is 69.8 Å². The van der Waals surface area contributed by atoms with Crippen LogP contribution in [0.5, 0.6) is 0 Å². The second kappa shape index (κ2) is 9.40. The van der Waals surface area contributed by atoms with Crippen molar-refractivity contribution in [1.29, 1.82) is 0 Å². The molecule has 9 heteroatoms. The molecule has 0 bridgehead atoms. The first kappa shape index (κ1) is 23.6. The zero-order chi connectivity index (χ0) is 22.6. The van der Waals surface area contributed by atoms with Crippen LogP contribution in [-0.4, -0.2) is 27.6 Å². The van der Waals surface area contributed by atoms with Gasteiger partial charge < -0.3 is 9.08 Å². The average molecular weight is 453 g/mol. The number of carbonyl (C=O) groups is 1. The molecule has 0 radical (unpaired) electrons. The maximum absolute atomic E-state index is 13.7. The lowest BCUT2D eigenvalue weighted by atomic mass is 10.2. The molecular formula is C21H22ClFN2O4S. The molecule has 0 saturated heterocycles. The van der Waals surface area contributed by atoms with Gasteiger partial charge in [-0.2, -0.15) is 13.4 Å². The predicted molar refractivity (Wildman–Crippen MR) is 116 cm³/mol. The lowest BCUT2D eigenvalue weighted by molar-refractivity contribution is -0.105. The summed E-state index contributed by atoms with van der Waals surface area (Å²) in [6.45, 7) is 6.33. The summed E-state index contributed by atoms with van der Waals surface area (Å²) in [5.41, 5.74) is 1.60. The summed E-state index contributed by atoms with van der Waals surface area (Å²) in [5, 5.41) is 0.192. The number of anilines is 1. The first-order valence-electron chi connectivity index (χ1n) is 8.88. The van der Waals surface area contributed by atoms with Crippen molar-refractivity contribution in [2.75, 3.05) is 11.9 Å². The fraction of sp³-hybridized carbons (Fsp3) is 0.238. The topological polar surface area (TPSA) is 76.0 Å². The molecule has 2 rings (SSSR count). The third-order valence-corrected chi connectivity index (χ3v) is 6.13. The molecule has 0 aliphatic rings. The van der Waals surface area contributed by atoms with Crippen molar-refractivity contribution in [2.24, 2.45) is 4.99 Å². The molecule has 0 unspecified atom stereocenters. The highest BCUT2D eigenvalue weighted by molar-refractivity contribution is 7.86. The summed E-state index contributed by atoms with van der Waals surface area (Å²) >= 11 is 6.23. The van der Waals surface area contributed by atoms with Gasteiger partial charge in [0.25, 0.3) is 0 Å². The minimum absolute atomic E-state index is 0.0141. The summed E-state index contributed by atoms with van der Waals surface area (Å²) in [6, 6.07) is 8.82. The van der Waals surface area contributed by atoms with Crippen LogP contribution in [0.25, 0.3) is 0 Å². The van der Waals surface area contributed by atoms with Crippen LogP contribution in [0.2, 0.25) is 5.02 Å². The van der Waals surface area contributed by atoms with Crippen molar-refractivity contribution >= 4 is 39.5 Å². The number of hydrogen-bond acceptors (Lipinski definition) is 5. The van der Waals surface area contributed by atoms with Gasteiger partial charge in [-0.05, 0) is 52.0 Å². The van der Waals surface area contributed by atoms with E-state index in [4.69, 9.17) is 15.8 Å². The van der Waals surface area contributed by atoms with Crippen molar-refractivity contribution in [3.63, 3.8) is 0 Å². The van der Waals surface area contributed by atoms with Crippen LogP contribution in [0, 0.1) is 19.7 Å². The van der Waals surface area contributed by atoms with Gasteiger partial charge in [0.2, 0.25) is 5.88 Å². The van der Waals surface area contributed by atoms with Crippen LogP contribution >= 0.6 is 11.6 Å². The highest BCUT2D eigenvalue weighted by atomic mass is 35.5. The van der Waals surface area contributed by atoms with Gasteiger partial charge in [-0.15, -0.1) is 0 Å². The Kier molecular flexibility index (Phi) is 7.39. The van der Waals surface area contributed by atoms with E-state index in [1.807, 2.05) is 6.92 Å². The quantitative estimate of drug-likeness (QED) is 0.157. The fourth-order valence-electron chi connectivity index (χ4n) is 2.38. The summed E-state index contributed by atoms with van der Waals surface area (Å²) in [5.74, 6) is -0.542. The molecule has 0 spiro atoms. The summed E-state index contributed by atoms with van der Waals surface area (Å²) in [4.78, 5) is 16.9. The van der Waals surface area contributed by atoms with E-state index in [9.17, 15) is 17.6 Å². The molecule has 160 valence electrons. The Bertz CT molecular complexity index is 1130. The molecular weight excluding hydrogens is 431 g/mol. The monoisotopic (exact) mass is 452 g/mol. The predicted octanol–water partition coefficient (Wildman–Crippen LogP) is 4.79. The largest absolute Gasteiger partial charge is 0.358 e. The molecule has 30 heavy (non-hydrogen) atoms. The fourth-order valence-corrected chi connectivity index (χ4v) is 3.60. The molecule has 0 aromatic heterocycles. The van der Waals surface area contributed by atoms with Gasteiger partial charge in [-0.1, -0.05) is 29.3 Å². The SMILES string of the molecule is C/C(=N/C(OS(=O)(=O)c1ccc(C)cc1)=C(/C)C=O)N(C)c1ccc(F)c(C)c1Cl.